The molecule has 5 heteroatoms. The van der Waals surface area contributed by atoms with Crippen molar-refractivity contribution in [2.24, 2.45) is 5.10 Å². The standard InChI is InChI=1S/C16H23N3O2/c1-4-6-7-14(5-2)18-19-16(21)13-8-10-15(11-9-13)17-12(3)20/h8-11H,4-7H2,1-3H3,(H,17,20)(H,19,21)/b18-14+. The molecule has 0 saturated carbocycles. The van der Waals surface area contributed by atoms with E-state index in [1.165, 1.54) is 6.92 Å². The number of benzene rings is 1. The van der Waals surface area contributed by atoms with E-state index >= 15 is 0 Å². The maximum Gasteiger partial charge on any atom is 0.271 e. The number of nitrogens with one attached hydrogen (secondary N) is 2. The van der Waals surface area contributed by atoms with Crippen LogP contribution in [-0.2, 0) is 4.79 Å². The van der Waals surface area contributed by atoms with Gasteiger partial charge in [0.05, 0.1) is 0 Å². The third-order valence-corrected chi connectivity index (χ3v) is 3.01. The molecule has 2 amide bonds. The second-order valence-electron chi connectivity index (χ2n) is 4.83. The van der Waals surface area contributed by atoms with Gasteiger partial charge in [0, 0.05) is 23.9 Å². The molecule has 0 aliphatic heterocycles. The first-order valence-electron chi connectivity index (χ1n) is 7.30. The van der Waals surface area contributed by atoms with E-state index in [4.69, 9.17) is 0 Å². The van der Waals surface area contributed by atoms with E-state index in [-0.39, 0.29) is 11.8 Å². The average molecular weight is 289 g/mol. The predicted octanol–water partition coefficient (Wildman–Crippen LogP) is 3.33. The zero-order valence-electron chi connectivity index (χ0n) is 12.9. The monoisotopic (exact) mass is 289 g/mol. The van der Waals surface area contributed by atoms with Crippen molar-refractivity contribution in [2.45, 2.75) is 46.5 Å². The molecule has 0 aliphatic carbocycles. The smallest absolute Gasteiger partial charge is 0.271 e. The normalized spacial score (nSPS) is 11.1. The van der Waals surface area contributed by atoms with Crippen molar-refractivity contribution >= 4 is 23.2 Å². The summed E-state index contributed by atoms with van der Waals surface area (Å²) < 4.78 is 0. The van der Waals surface area contributed by atoms with Crippen LogP contribution in [0.3, 0.4) is 0 Å². The van der Waals surface area contributed by atoms with E-state index in [1.807, 2.05) is 6.92 Å². The number of unbranched alkanes of at least 4 members (excludes halogenated alkanes) is 1. The van der Waals surface area contributed by atoms with Crippen LogP contribution in [0.25, 0.3) is 0 Å². The van der Waals surface area contributed by atoms with E-state index in [1.54, 1.807) is 24.3 Å². The van der Waals surface area contributed by atoms with Crippen LogP contribution in [0.15, 0.2) is 29.4 Å². The SMILES string of the molecule is CCCC/C(CC)=N/NC(=O)c1ccc(NC(C)=O)cc1. The van der Waals surface area contributed by atoms with Crippen LogP contribution in [0.1, 0.15) is 56.8 Å². The van der Waals surface area contributed by atoms with Gasteiger partial charge >= 0.3 is 0 Å². The maximum absolute atomic E-state index is 12.0. The summed E-state index contributed by atoms with van der Waals surface area (Å²) in [5, 5.41) is 6.83. The van der Waals surface area contributed by atoms with Gasteiger partial charge in [0.1, 0.15) is 0 Å². The number of rotatable bonds is 7. The zero-order chi connectivity index (χ0) is 15.7. The van der Waals surface area contributed by atoms with Gasteiger partial charge in [-0.3, -0.25) is 9.59 Å². The minimum absolute atomic E-state index is 0.139. The van der Waals surface area contributed by atoms with Crippen molar-refractivity contribution in [2.75, 3.05) is 5.32 Å². The lowest BCUT2D eigenvalue weighted by Crippen LogP contribution is -2.19. The average Bonchev–Trinajstić information content (AvgIpc) is 2.47. The molecule has 0 bridgehead atoms. The lowest BCUT2D eigenvalue weighted by molar-refractivity contribution is -0.114. The van der Waals surface area contributed by atoms with Crippen molar-refractivity contribution in [3.05, 3.63) is 29.8 Å². The highest BCUT2D eigenvalue weighted by Gasteiger charge is 2.05. The van der Waals surface area contributed by atoms with Crippen molar-refractivity contribution in [3.8, 4) is 0 Å². The number of amides is 2. The van der Waals surface area contributed by atoms with Gasteiger partial charge in [0.25, 0.3) is 5.91 Å². The zero-order valence-corrected chi connectivity index (χ0v) is 12.9. The van der Waals surface area contributed by atoms with E-state index in [2.05, 4.69) is 22.8 Å². The summed E-state index contributed by atoms with van der Waals surface area (Å²) in [6.45, 7) is 5.60. The molecule has 114 valence electrons. The fourth-order valence-electron chi connectivity index (χ4n) is 1.80. The van der Waals surface area contributed by atoms with Crippen LogP contribution in [-0.4, -0.2) is 17.5 Å². The van der Waals surface area contributed by atoms with Crippen LogP contribution in [0.4, 0.5) is 5.69 Å². The number of anilines is 1. The predicted molar refractivity (Wildman–Crippen MR) is 85.5 cm³/mol. The number of hydrogen-bond donors (Lipinski definition) is 2. The minimum Gasteiger partial charge on any atom is -0.326 e. The maximum atomic E-state index is 12.0. The molecule has 0 radical (unpaired) electrons. The van der Waals surface area contributed by atoms with Crippen LogP contribution in [0.2, 0.25) is 0 Å². The number of hydrogen-bond acceptors (Lipinski definition) is 3. The Morgan fingerprint density at radius 1 is 1.14 bits per heavy atom. The Labute approximate surface area is 125 Å². The Kier molecular flexibility index (Phi) is 7.15. The molecule has 2 N–H and O–H groups in total. The molecule has 5 nitrogen and oxygen atoms in total. The van der Waals surface area contributed by atoms with Gasteiger partial charge < -0.3 is 5.32 Å². The van der Waals surface area contributed by atoms with Crippen molar-refractivity contribution in [1.82, 2.24) is 5.43 Å². The van der Waals surface area contributed by atoms with Gasteiger partial charge in [-0.15, -0.1) is 0 Å². The van der Waals surface area contributed by atoms with Crippen molar-refractivity contribution in [1.29, 1.82) is 0 Å². The molecule has 1 rings (SSSR count). The first-order valence-corrected chi connectivity index (χ1v) is 7.30. The lowest BCUT2D eigenvalue weighted by Gasteiger charge is -2.06. The summed E-state index contributed by atoms with van der Waals surface area (Å²) >= 11 is 0. The fraction of sp³-hybridized carbons (Fsp3) is 0.438. The Morgan fingerprint density at radius 3 is 2.33 bits per heavy atom. The highest BCUT2D eigenvalue weighted by atomic mass is 16.2. The Hall–Kier alpha value is -2.17. The topological polar surface area (TPSA) is 70.6 Å². The van der Waals surface area contributed by atoms with Crippen LogP contribution in [0.5, 0.6) is 0 Å². The largest absolute Gasteiger partial charge is 0.326 e. The van der Waals surface area contributed by atoms with Crippen LogP contribution < -0.4 is 10.7 Å². The lowest BCUT2D eigenvalue weighted by atomic mass is 10.1. The van der Waals surface area contributed by atoms with Gasteiger partial charge in [0.2, 0.25) is 5.91 Å². The van der Waals surface area contributed by atoms with Gasteiger partial charge in [-0.25, -0.2) is 5.43 Å². The molecule has 0 unspecified atom stereocenters. The number of nitrogens with zero attached hydrogens (tertiary/aromatic N) is 1. The summed E-state index contributed by atoms with van der Waals surface area (Å²) in [4.78, 5) is 22.9. The summed E-state index contributed by atoms with van der Waals surface area (Å²) in [6.07, 6.45) is 3.93. The molecule has 0 saturated heterocycles. The second kappa shape index (κ2) is 8.89. The second-order valence-corrected chi connectivity index (χ2v) is 4.83. The fourth-order valence-corrected chi connectivity index (χ4v) is 1.80. The number of carbonyl (C=O) groups excluding carboxylic acids is 2. The van der Waals surface area contributed by atoms with E-state index in [0.717, 1.165) is 31.4 Å². The van der Waals surface area contributed by atoms with Gasteiger partial charge in [-0.2, -0.15) is 5.10 Å². The van der Waals surface area contributed by atoms with E-state index < -0.39 is 0 Å². The molecule has 0 aromatic heterocycles. The minimum atomic E-state index is -0.244. The third kappa shape index (κ3) is 6.21. The Balaban J connectivity index is 2.62. The van der Waals surface area contributed by atoms with E-state index in [0.29, 0.717) is 11.3 Å². The highest BCUT2D eigenvalue weighted by Crippen LogP contribution is 2.09. The third-order valence-electron chi connectivity index (χ3n) is 3.01. The van der Waals surface area contributed by atoms with Crippen LogP contribution >= 0.6 is 0 Å². The number of hydrazone groups is 1. The molecule has 0 heterocycles. The Morgan fingerprint density at radius 2 is 1.81 bits per heavy atom. The van der Waals surface area contributed by atoms with Gasteiger partial charge in [-0.1, -0.05) is 20.3 Å². The molecule has 1 aromatic rings. The molecular weight excluding hydrogens is 266 g/mol. The highest BCUT2D eigenvalue weighted by molar-refractivity contribution is 5.96. The molecule has 1 aromatic carbocycles. The quantitative estimate of drug-likeness (QED) is 0.597. The van der Waals surface area contributed by atoms with Gasteiger partial charge in [-0.05, 0) is 43.5 Å². The Bertz CT molecular complexity index is 507. The molecular formula is C16H23N3O2. The molecule has 0 aliphatic rings. The first kappa shape index (κ1) is 16.9. The molecule has 0 spiro atoms. The molecule has 0 atom stereocenters. The summed E-state index contributed by atoms with van der Waals surface area (Å²) in [5.41, 5.74) is 4.76. The summed E-state index contributed by atoms with van der Waals surface area (Å²) in [7, 11) is 0. The van der Waals surface area contributed by atoms with E-state index in [9.17, 15) is 9.59 Å². The summed E-state index contributed by atoms with van der Waals surface area (Å²) in [5.74, 6) is -0.382. The molecule has 21 heavy (non-hydrogen) atoms. The van der Waals surface area contributed by atoms with Crippen molar-refractivity contribution in [3.63, 3.8) is 0 Å². The first-order chi connectivity index (χ1) is 10.1. The molecule has 0 fully saturated rings. The summed E-state index contributed by atoms with van der Waals surface area (Å²) in [6, 6.07) is 6.71. The number of carbonyl (C=O) groups is 2. The van der Waals surface area contributed by atoms with Gasteiger partial charge in [0.15, 0.2) is 0 Å². The van der Waals surface area contributed by atoms with Crippen molar-refractivity contribution < 1.29 is 9.59 Å². The van der Waals surface area contributed by atoms with Crippen LogP contribution in [0, 0.1) is 0 Å².